The highest BCUT2D eigenvalue weighted by molar-refractivity contribution is 7.10. The number of carbonyl (C=O) groups excluding carboxylic acids is 1. The average Bonchev–Trinajstić information content (AvgIpc) is 3.14. The van der Waals surface area contributed by atoms with Crippen LogP contribution in [0.15, 0.2) is 60.0 Å². The first-order valence-electron chi connectivity index (χ1n) is 7.69. The molecule has 0 aliphatic heterocycles. The van der Waals surface area contributed by atoms with Crippen molar-refractivity contribution in [1.29, 1.82) is 0 Å². The van der Waals surface area contributed by atoms with Crippen LogP contribution < -0.4 is 10.1 Å². The summed E-state index contributed by atoms with van der Waals surface area (Å²) >= 11 is 13.6. The summed E-state index contributed by atoms with van der Waals surface area (Å²) in [5.74, 6) is -0.411. The van der Waals surface area contributed by atoms with Crippen LogP contribution >= 0.6 is 34.5 Å². The first kappa shape index (κ1) is 18.7. The van der Waals surface area contributed by atoms with Crippen LogP contribution in [-0.4, -0.2) is 12.5 Å². The second-order valence-corrected chi connectivity index (χ2v) is 7.20. The van der Waals surface area contributed by atoms with E-state index in [9.17, 15) is 9.18 Å². The molecule has 1 aromatic heterocycles. The number of nitrogens with one attached hydrogen (secondary N) is 1. The Bertz CT molecular complexity index is 865. The number of hydrogen-bond acceptors (Lipinski definition) is 3. The molecule has 2 aromatic carbocycles. The SMILES string of the molecule is O=C(COc1c(Cl)cccc1Cl)N[C@H](c1ccc(F)cc1)c1cccs1. The molecule has 1 atom stereocenters. The maximum absolute atomic E-state index is 13.2. The molecule has 0 aliphatic rings. The summed E-state index contributed by atoms with van der Waals surface area (Å²) < 4.78 is 18.7. The molecule has 0 saturated heterocycles. The van der Waals surface area contributed by atoms with E-state index in [-0.39, 0.29) is 24.1 Å². The number of amides is 1. The number of rotatable bonds is 6. The molecule has 26 heavy (non-hydrogen) atoms. The van der Waals surface area contributed by atoms with E-state index in [1.54, 1.807) is 30.3 Å². The van der Waals surface area contributed by atoms with Gasteiger partial charge < -0.3 is 10.1 Å². The summed E-state index contributed by atoms with van der Waals surface area (Å²) in [6, 6.07) is 14.4. The highest BCUT2D eigenvalue weighted by atomic mass is 35.5. The highest BCUT2D eigenvalue weighted by Gasteiger charge is 2.19. The van der Waals surface area contributed by atoms with E-state index in [4.69, 9.17) is 27.9 Å². The van der Waals surface area contributed by atoms with Crippen LogP contribution in [0.2, 0.25) is 10.0 Å². The lowest BCUT2D eigenvalue weighted by Gasteiger charge is -2.18. The molecule has 134 valence electrons. The first-order chi connectivity index (χ1) is 12.5. The van der Waals surface area contributed by atoms with Gasteiger partial charge in [0.25, 0.3) is 5.91 Å². The van der Waals surface area contributed by atoms with Gasteiger partial charge in [-0.05, 0) is 41.3 Å². The van der Waals surface area contributed by atoms with E-state index in [0.717, 1.165) is 10.4 Å². The van der Waals surface area contributed by atoms with Crippen LogP contribution in [0.5, 0.6) is 5.75 Å². The second kappa shape index (κ2) is 8.54. The Kier molecular flexibility index (Phi) is 6.14. The zero-order valence-electron chi connectivity index (χ0n) is 13.4. The Labute approximate surface area is 164 Å². The van der Waals surface area contributed by atoms with Crippen LogP contribution in [0, 0.1) is 5.82 Å². The molecule has 0 radical (unpaired) electrons. The first-order valence-corrected chi connectivity index (χ1v) is 9.33. The van der Waals surface area contributed by atoms with E-state index >= 15 is 0 Å². The van der Waals surface area contributed by atoms with Crippen LogP contribution in [-0.2, 0) is 4.79 Å². The van der Waals surface area contributed by atoms with E-state index in [1.807, 2.05) is 17.5 Å². The van der Waals surface area contributed by atoms with Gasteiger partial charge in [0, 0.05) is 4.88 Å². The smallest absolute Gasteiger partial charge is 0.258 e. The van der Waals surface area contributed by atoms with Gasteiger partial charge in [0.15, 0.2) is 12.4 Å². The number of ether oxygens (including phenoxy) is 1. The van der Waals surface area contributed by atoms with Gasteiger partial charge in [-0.3, -0.25) is 4.79 Å². The maximum atomic E-state index is 13.2. The molecule has 3 rings (SSSR count). The molecule has 1 N–H and O–H groups in total. The number of para-hydroxylation sites is 1. The van der Waals surface area contributed by atoms with Gasteiger partial charge in [0.2, 0.25) is 0 Å². The van der Waals surface area contributed by atoms with Crippen molar-refractivity contribution in [3.05, 3.63) is 86.3 Å². The monoisotopic (exact) mass is 409 g/mol. The van der Waals surface area contributed by atoms with Gasteiger partial charge >= 0.3 is 0 Å². The molecule has 0 unspecified atom stereocenters. The minimum absolute atomic E-state index is 0.244. The predicted octanol–water partition coefficient (Wildman–Crippen LogP) is 5.48. The molecular weight excluding hydrogens is 396 g/mol. The number of thiophene rings is 1. The largest absolute Gasteiger partial charge is 0.481 e. The molecule has 1 amide bonds. The Balaban J connectivity index is 1.73. The van der Waals surface area contributed by atoms with Crippen LogP contribution in [0.1, 0.15) is 16.5 Å². The number of halogens is 3. The molecule has 0 bridgehead atoms. The summed E-state index contributed by atoms with van der Waals surface area (Å²) in [5.41, 5.74) is 0.776. The Morgan fingerprint density at radius 1 is 1.08 bits per heavy atom. The van der Waals surface area contributed by atoms with E-state index in [0.29, 0.717) is 10.0 Å². The molecular formula is C19H14Cl2FNO2S. The second-order valence-electron chi connectivity index (χ2n) is 5.41. The fourth-order valence-electron chi connectivity index (χ4n) is 2.39. The summed E-state index contributed by atoms with van der Waals surface area (Å²) in [7, 11) is 0. The van der Waals surface area contributed by atoms with Gasteiger partial charge in [-0.15, -0.1) is 11.3 Å². The molecule has 0 aliphatic carbocycles. The molecule has 1 heterocycles. The van der Waals surface area contributed by atoms with Crippen molar-refractivity contribution < 1.29 is 13.9 Å². The minimum Gasteiger partial charge on any atom is -0.481 e. The van der Waals surface area contributed by atoms with E-state index in [1.165, 1.54) is 23.5 Å². The molecule has 0 saturated carbocycles. The van der Waals surface area contributed by atoms with Crippen molar-refractivity contribution in [1.82, 2.24) is 5.32 Å². The third-order valence-corrected chi connectivity index (χ3v) is 5.14. The average molecular weight is 410 g/mol. The Morgan fingerprint density at radius 2 is 1.77 bits per heavy atom. The topological polar surface area (TPSA) is 38.3 Å². The lowest BCUT2D eigenvalue weighted by molar-refractivity contribution is -0.123. The number of carbonyl (C=O) groups is 1. The number of benzene rings is 2. The van der Waals surface area contributed by atoms with Gasteiger partial charge in [0.05, 0.1) is 16.1 Å². The third kappa shape index (κ3) is 4.55. The molecule has 3 aromatic rings. The summed E-state index contributed by atoms with van der Waals surface area (Å²) in [5, 5.41) is 5.48. The van der Waals surface area contributed by atoms with Crippen molar-refractivity contribution in [2.24, 2.45) is 0 Å². The molecule has 0 spiro atoms. The van der Waals surface area contributed by atoms with E-state index < -0.39 is 6.04 Å². The summed E-state index contributed by atoms with van der Waals surface area (Å²) in [6.45, 7) is -0.244. The van der Waals surface area contributed by atoms with Gasteiger partial charge in [-0.1, -0.05) is 47.5 Å². The molecule has 0 fully saturated rings. The van der Waals surface area contributed by atoms with Crippen molar-refractivity contribution in [2.45, 2.75) is 6.04 Å². The maximum Gasteiger partial charge on any atom is 0.258 e. The zero-order chi connectivity index (χ0) is 18.5. The van der Waals surface area contributed by atoms with Crippen molar-refractivity contribution in [3.8, 4) is 5.75 Å². The number of hydrogen-bond donors (Lipinski definition) is 1. The molecule has 7 heteroatoms. The summed E-state index contributed by atoms with van der Waals surface area (Å²) in [4.78, 5) is 13.3. The van der Waals surface area contributed by atoms with Crippen LogP contribution in [0.4, 0.5) is 4.39 Å². The van der Waals surface area contributed by atoms with Crippen molar-refractivity contribution >= 4 is 40.4 Å². The van der Waals surface area contributed by atoms with Gasteiger partial charge in [0.1, 0.15) is 5.82 Å². The molecule has 3 nitrogen and oxygen atoms in total. The fourth-order valence-corrected chi connectivity index (χ4v) is 3.70. The van der Waals surface area contributed by atoms with Crippen LogP contribution in [0.25, 0.3) is 0 Å². The zero-order valence-corrected chi connectivity index (χ0v) is 15.7. The van der Waals surface area contributed by atoms with Crippen LogP contribution in [0.3, 0.4) is 0 Å². The minimum atomic E-state index is -0.395. The fraction of sp³-hybridized carbons (Fsp3) is 0.105. The van der Waals surface area contributed by atoms with Gasteiger partial charge in [-0.25, -0.2) is 4.39 Å². The quantitative estimate of drug-likeness (QED) is 0.585. The normalized spacial score (nSPS) is 11.8. The van der Waals surface area contributed by atoms with Crippen molar-refractivity contribution in [2.75, 3.05) is 6.61 Å². The highest BCUT2D eigenvalue weighted by Crippen LogP contribution is 2.32. The Morgan fingerprint density at radius 3 is 2.38 bits per heavy atom. The standard InChI is InChI=1S/C19H14Cl2FNO2S/c20-14-3-1-4-15(21)19(14)25-11-17(24)23-18(16-5-2-10-26-16)12-6-8-13(22)9-7-12/h1-10,18H,11H2,(H,23,24)/t18-/m1/s1. The van der Waals surface area contributed by atoms with Gasteiger partial charge in [-0.2, -0.15) is 0 Å². The summed E-state index contributed by atoms with van der Waals surface area (Å²) in [6.07, 6.45) is 0. The predicted molar refractivity (Wildman–Crippen MR) is 103 cm³/mol. The van der Waals surface area contributed by atoms with E-state index in [2.05, 4.69) is 5.32 Å². The Hall–Kier alpha value is -2.08. The third-order valence-electron chi connectivity index (χ3n) is 3.60. The lowest BCUT2D eigenvalue weighted by atomic mass is 10.1. The lowest BCUT2D eigenvalue weighted by Crippen LogP contribution is -2.33. The van der Waals surface area contributed by atoms with Crippen molar-refractivity contribution in [3.63, 3.8) is 0 Å².